The lowest BCUT2D eigenvalue weighted by molar-refractivity contribution is -0.135. The second kappa shape index (κ2) is 6.31. The van der Waals surface area contributed by atoms with Crippen LogP contribution in [0.5, 0.6) is 0 Å². The number of hydrogen-bond acceptors (Lipinski definition) is 3. The lowest BCUT2D eigenvalue weighted by Gasteiger charge is -2.10. The maximum Gasteiger partial charge on any atom is 0.338 e. The maximum atomic E-state index is 13.8. The van der Waals surface area contributed by atoms with Gasteiger partial charge in [-0.2, -0.15) is 0 Å². The first-order valence-corrected chi connectivity index (χ1v) is 6.47. The molecule has 4 heteroatoms. The van der Waals surface area contributed by atoms with Crippen LogP contribution < -0.4 is 0 Å². The van der Waals surface area contributed by atoms with Crippen molar-refractivity contribution in [2.45, 2.75) is 13.3 Å². The van der Waals surface area contributed by atoms with Crippen LogP contribution in [-0.4, -0.2) is 19.4 Å². The predicted octanol–water partition coefficient (Wildman–Crippen LogP) is 3.30. The highest BCUT2D eigenvalue weighted by atomic mass is 19.1. The molecule has 0 aliphatic heterocycles. The average Bonchev–Trinajstić information content (AvgIpc) is 2.65. The molecule has 0 radical (unpaired) electrons. The van der Waals surface area contributed by atoms with E-state index >= 15 is 0 Å². The summed E-state index contributed by atoms with van der Waals surface area (Å²) in [4.78, 5) is 23.0. The molecule has 0 N–H and O–H groups in total. The van der Waals surface area contributed by atoms with Crippen molar-refractivity contribution in [3.05, 3.63) is 64.5 Å². The van der Waals surface area contributed by atoms with Gasteiger partial charge in [0, 0.05) is 6.42 Å². The molecular weight excluding hydrogens is 271 g/mol. The second-order valence-electron chi connectivity index (χ2n) is 4.74. The van der Waals surface area contributed by atoms with E-state index in [1.165, 1.54) is 7.11 Å². The molecule has 0 spiro atoms. The monoisotopic (exact) mass is 286 g/mol. The molecule has 0 fully saturated rings. The van der Waals surface area contributed by atoms with Crippen molar-refractivity contribution in [2.75, 3.05) is 7.11 Å². The average molecular weight is 286 g/mol. The molecule has 0 heterocycles. The van der Waals surface area contributed by atoms with E-state index in [9.17, 15) is 14.0 Å². The third kappa shape index (κ3) is 3.16. The Morgan fingerprint density at radius 1 is 1.29 bits per heavy atom. The molecule has 108 valence electrons. The number of ether oxygens (including phenoxy) is 1. The van der Waals surface area contributed by atoms with Crippen LogP contribution in [0.1, 0.15) is 17.5 Å². The Balaban J connectivity index is 2.76. The zero-order valence-corrected chi connectivity index (χ0v) is 11.9. The fraction of sp³-hybridized carbons (Fsp3) is 0.176. The molecule has 21 heavy (non-hydrogen) atoms. The summed E-state index contributed by atoms with van der Waals surface area (Å²) >= 11 is 0. The van der Waals surface area contributed by atoms with Gasteiger partial charge in [0.1, 0.15) is 12.1 Å². The maximum absolute atomic E-state index is 13.8. The number of rotatable bonds is 3. The van der Waals surface area contributed by atoms with E-state index in [1.807, 2.05) is 31.2 Å². The number of hydrogen-bond donors (Lipinski definition) is 0. The summed E-state index contributed by atoms with van der Waals surface area (Å²) in [5.41, 5.74) is 2.58. The molecule has 1 aromatic carbocycles. The first kappa shape index (κ1) is 14.9. The third-order valence-electron chi connectivity index (χ3n) is 3.29. The van der Waals surface area contributed by atoms with Crippen LogP contribution in [0.2, 0.25) is 0 Å². The van der Waals surface area contributed by atoms with Crippen molar-refractivity contribution in [1.29, 1.82) is 0 Å². The molecule has 0 amide bonds. The number of halogens is 1. The zero-order valence-electron chi connectivity index (χ0n) is 11.9. The minimum absolute atomic E-state index is 0.112. The molecule has 0 saturated carbocycles. The SMILES string of the molecule is COC(=O)C1=C(c2ccccc2C)C=C(C=O)CC(F)=C1. The molecule has 1 aliphatic rings. The van der Waals surface area contributed by atoms with Crippen molar-refractivity contribution >= 4 is 17.8 Å². The quantitative estimate of drug-likeness (QED) is 0.632. The second-order valence-corrected chi connectivity index (χ2v) is 4.74. The van der Waals surface area contributed by atoms with E-state index < -0.39 is 11.8 Å². The van der Waals surface area contributed by atoms with E-state index in [0.717, 1.165) is 17.2 Å². The molecule has 0 saturated heterocycles. The molecule has 2 rings (SSSR count). The largest absolute Gasteiger partial charge is 0.465 e. The number of methoxy groups -OCH3 is 1. The molecule has 1 aromatic rings. The van der Waals surface area contributed by atoms with Crippen molar-refractivity contribution in [3.8, 4) is 0 Å². The van der Waals surface area contributed by atoms with Gasteiger partial charge in [0.25, 0.3) is 0 Å². The Morgan fingerprint density at radius 3 is 2.62 bits per heavy atom. The minimum Gasteiger partial charge on any atom is -0.465 e. The number of benzene rings is 1. The van der Waals surface area contributed by atoms with Crippen LogP contribution in [0.25, 0.3) is 5.57 Å². The highest BCUT2D eigenvalue weighted by Crippen LogP contribution is 2.31. The Morgan fingerprint density at radius 2 is 2.00 bits per heavy atom. The van der Waals surface area contributed by atoms with E-state index in [1.54, 1.807) is 6.08 Å². The van der Waals surface area contributed by atoms with Gasteiger partial charge in [-0.1, -0.05) is 24.3 Å². The van der Waals surface area contributed by atoms with Crippen LogP contribution in [0.3, 0.4) is 0 Å². The topological polar surface area (TPSA) is 43.4 Å². The van der Waals surface area contributed by atoms with Gasteiger partial charge in [0.05, 0.1) is 12.7 Å². The number of carbonyl (C=O) groups is 2. The number of aryl methyl sites for hydroxylation is 1. The van der Waals surface area contributed by atoms with Gasteiger partial charge < -0.3 is 4.74 Å². The highest BCUT2D eigenvalue weighted by molar-refractivity contribution is 6.04. The summed E-state index contributed by atoms with van der Waals surface area (Å²) in [6.07, 6.45) is 3.16. The fourth-order valence-corrected chi connectivity index (χ4v) is 2.25. The lowest BCUT2D eigenvalue weighted by Crippen LogP contribution is -2.06. The summed E-state index contributed by atoms with van der Waals surface area (Å²) in [5, 5.41) is 0. The summed E-state index contributed by atoms with van der Waals surface area (Å²) in [6.45, 7) is 1.89. The van der Waals surface area contributed by atoms with Gasteiger partial charge in [-0.3, -0.25) is 4.79 Å². The fourth-order valence-electron chi connectivity index (χ4n) is 2.25. The Kier molecular flexibility index (Phi) is 4.48. The van der Waals surface area contributed by atoms with Crippen molar-refractivity contribution < 1.29 is 18.7 Å². The summed E-state index contributed by atoms with van der Waals surface area (Å²) in [5.74, 6) is -1.18. The molecular formula is C17H15FO3. The molecule has 0 unspecified atom stereocenters. The number of esters is 1. The van der Waals surface area contributed by atoms with E-state index in [4.69, 9.17) is 4.74 Å². The van der Waals surface area contributed by atoms with Gasteiger partial charge in [0.15, 0.2) is 0 Å². The van der Waals surface area contributed by atoms with Crippen LogP contribution in [0, 0.1) is 6.92 Å². The van der Waals surface area contributed by atoms with Gasteiger partial charge in [-0.05, 0) is 41.3 Å². The van der Waals surface area contributed by atoms with Gasteiger partial charge in [0.2, 0.25) is 0 Å². The van der Waals surface area contributed by atoms with E-state index in [0.29, 0.717) is 11.9 Å². The molecule has 3 nitrogen and oxygen atoms in total. The van der Waals surface area contributed by atoms with Crippen molar-refractivity contribution in [2.24, 2.45) is 0 Å². The smallest absolute Gasteiger partial charge is 0.338 e. The Labute approximate surface area is 122 Å². The van der Waals surface area contributed by atoms with E-state index in [2.05, 4.69) is 0 Å². The zero-order chi connectivity index (χ0) is 15.4. The van der Waals surface area contributed by atoms with E-state index in [-0.39, 0.29) is 17.6 Å². The van der Waals surface area contributed by atoms with Gasteiger partial charge in [-0.15, -0.1) is 0 Å². The van der Waals surface area contributed by atoms with Crippen LogP contribution in [0.15, 0.2) is 53.4 Å². The highest BCUT2D eigenvalue weighted by Gasteiger charge is 2.20. The summed E-state index contributed by atoms with van der Waals surface area (Å²) in [6, 6.07) is 7.40. The standard InChI is InChI=1S/C17H15FO3/c1-11-5-3-4-6-14(11)15-8-12(10-19)7-13(18)9-16(15)17(20)21-2/h3-6,8-10H,7H2,1-2H3. The predicted molar refractivity (Wildman–Crippen MR) is 78.1 cm³/mol. The summed E-state index contributed by atoms with van der Waals surface area (Å²) < 4.78 is 18.6. The number of allylic oxidation sites excluding steroid dienone is 4. The van der Waals surface area contributed by atoms with Crippen molar-refractivity contribution in [3.63, 3.8) is 0 Å². The third-order valence-corrected chi connectivity index (χ3v) is 3.29. The molecule has 0 atom stereocenters. The van der Waals surface area contributed by atoms with Crippen LogP contribution in [0.4, 0.5) is 4.39 Å². The molecule has 1 aliphatic carbocycles. The van der Waals surface area contributed by atoms with Crippen LogP contribution >= 0.6 is 0 Å². The molecule has 0 aromatic heterocycles. The molecule has 0 bridgehead atoms. The van der Waals surface area contributed by atoms with Crippen molar-refractivity contribution in [1.82, 2.24) is 0 Å². The number of carbonyl (C=O) groups excluding carboxylic acids is 2. The Bertz CT molecular complexity index is 681. The number of aldehydes is 1. The first-order valence-electron chi connectivity index (χ1n) is 6.47. The Hall–Kier alpha value is -2.49. The van der Waals surface area contributed by atoms with Crippen LogP contribution in [-0.2, 0) is 14.3 Å². The lowest BCUT2D eigenvalue weighted by atomic mass is 9.95. The first-order chi connectivity index (χ1) is 10.1. The van der Waals surface area contributed by atoms with Gasteiger partial charge in [-0.25, -0.2) is 9.18 Å². The minimum atomic E-state index is -0.633. The van der Waals surface area contributed by atoms with Gasteiger partial charge >= 0.3 is 5.97 Å². The summed E-state index contributed by atoms with van der Waals surface area (Å²) in [7, 11) is 1.24. The normalized spacial score (nSPS) is 15.0.